The summed E-state index contributed by atoms with van der Waals surface area (Å²) in [5, 5.41) is 4.08. The first-order chi connectivity index (χ1) is 6.65. The van der Waals surface area contributed by atoms with Crippen LogP contribution >= 0.6 is 23.2 Å². The van der Waals surface area contributed by atoms with Crippen LogP contribution < -0.4 is 16.8 Å². The molecule has 0 amide bonds. The Morgan fingerprint density at radius 1 is 1.21 bits per heavy atom. The van der Waals surface area contributed by atoms with Gasteiger partial charge in [-0.05, 0) is 25.1 Å². The molecular weight excluding hydrogens is 221 g/mol. The van der Waals surface area contributed by atoms with Crippen LogP contribution in [0.3, 0.4) is 0 Å². The SMILES string of the molecule is NCCCNc1cc(Cl)c(N)c(Cl)c1. The second-order valence-electron chi connectivity index (χ2n) is 2.92. The molecule has 0 spiro atoms. The van der Waals surface area contributed by atoms with E-state index in [0.717, 1.165) is 18.7 Å². The molecule has 0 saturated carbocycles. The molecule has 0 aromatic heterocycles. The van der Waals surface area contributed by atoms with E-state index in [0.29, 0.717) is 22.3 Å². The van der Waals surface area contributed by atoms with Crippen LogP contribution in [0.25, 0.3) is 0 Å². The second kappa shape index (κ2) is 5.29. The van der Waals surface area contributed by atoms with E-state index in [9.17, 15) is 0 Å². The Morgan fingerprint density at radius 2 is 1.79 bits per heavy atom. The Kier molecular flexibility index (Phi) is 4.32. The minimum Gasteiger partial charge on any atom is -0.396 e. The highest BCUT2D eigenvalue weighted by molar-refractivity contribution is 6.39. The molecule has 3 nitrogen and oxygen atoms in total. The van der Waals surface area contributed by atoms with Gasteiger partial charge in [0.1, 0.15) is 0 Å². The molecule has 5 N–H and O–H groups in total. The zero-order valence-electron chi connectivity index (χ0n) is 7.69. The molecule has 0 saturated heterocycles. The van der Waals surface area contributed by atoms with Crippen molar-refractivity contribution in [1.82, 2.24) is 0 Å². The molecule has 0 aliphatic carbocycles. The third kappa shape index (κ3) is 2.94. The van der Waals surface area contributed by atoms with E-state index in [1.54, 1.807) is 12.1 Å². The Hall–Kier alpha value is -0.640. The van der Waals surface area contributed by atoms with Crippen molar-refractivity contribution in [2.24, 2.45) is 5.73 Å². The molecular formula is C9H13Cl2N3. The summed E-state index contributed by atoms with van der Waals surface area (Å²) in [6, 6.07) is 3.50. The van der Waals surface area contributed by atoms with Crippen LogP contribution in [0.5, 0.6) is 0 Å². The number of anilines is 2. The topological polar surface area (TPSA) is 64.1 Å². The maximum absolute atomic E-state index is 5.86. The summed E-state index contributed by atoms with van der Waals surface area (Å²) in [6.45, 7) is 1.45. The highest BCUT2D eigenvalue weighted by Gasteiger charge is 2.03. The number of hydrogen-bond acceptors (Lipinski definition) is 3. The van der Waals surface area contributed by atoms with E-state index >= 15 is 0 Å². The van der Waals surface area contributed by atoms with Crippen molar-refractivity contribution < 1.29 is 0 Å². The van der Waals surface area contributed by atoms with Gasteiger partial charge in [0, 0.05) is 12.2 Å². The average molecular weight is 234 g/mol. The molecule has 1 aromatic carbocycles. The molecule has 0 atom stereocenters. The summed E-state index contributed by atoms with van der Waals surface area (Å²) in [7, 11) is 0. The largest absolute Gasteiger partial charge is 0.396 e. The van der Waals surface area contributed by atoms with Gasteiger partial charge in [-0.2, -0.15) is 0 Å². The molecule has 0 bridgehead atoms. The number of nitrogens with two attached hydrogens (primary N) is 2. The molecule has 1 aromatic rings. The van der Waals surface area contributed by atoms with E-state index in [2.05, 4.69) is 5.32 Å². The van der Waals surface area contributed by atoms with Crippen LogP contribution in [-0.2, 0) is 0 Å². The molecule has 0 radical (unpaired) electrons. The lowest BCUT2D eigenvalue weighted by atomic mass is 10.2. The van der Waals surface area contributed by atoms with Gasteiger partial charge in [0.15, 0.2) is 0 Å². The smallest absolute Gasteiger partial charge is 0.0694 e. The molecule has 0 aliphatic heterocycles. The number of halogens is 2. The highest BCUT2D eigenvalue weighted by atomic mass is 35.5. The number of benzene rings is 1. The van der Waals surface area contributed by atoms with Gasteiger partial charge in [-0.3, -0.25) is 0 Å². The minimum atomic E-state index is 0.415. The predicted molar refractivity (Wildman–Crippen MR) is 63.0 cm³/mol. The highest BCUT2D eigenvalue weighted by Crippen LogP contribution is 2.30. The fourth-order valence-corrected chi connectivity index (χ4v) is 1.51. The zero-order chi connectivity index (χ0) is 10.6. The van der Waals surface area contributed by atoms with Crippen LogP contribution in [0.1, 0.15) is 6.42 Å². The van der Waals surface area contributed by atoms with Gasteiger partial charge in [-0.1, -0.05) is 23.2 Å². The van der Waals surface area contributed by atoms with Crippen LogP contribution in [0.2, 0.25) is 10.0 Å². The van der Waals surface area contributed by atoms with Crippen LogP contribution in [-0.4, -0.2) is 13.1 Å². The minimum absolute atomic E-state index is 0.415. The molecule has 14 heavy (non-hydrogen) atoms. The summed E-state index contributed by atoms with van der Waals surface area (Å²) in [4.78, 5) is 0. The van der Waals surface area contributed by atoms with Crippen molar-refractivity contribution in [3.8, 4) is 0 Å². The standard InChI is InChI=1S/C9H13Cl2N3/c10-7-4-6(14-3-1-2-12)5-8(11)9(7)13/h4-5,14H,1-3,12-13H2. The quantitative estimate of drug-likeness (QED) is 0.553. The van der Waals surface area contributed by atoms with Crippen molar-refractivity contribution in [2.45, 2.75) is 6.42 Å². The van der Waals surface area contributed by atoms with Gasteiger partial charge in [0.05, 0.1) is 15.7 Å². The van der Waals surface area contributed by atoms with Gasteiger partial charge in [-0.25, -0.2) is 0 Å². The van der Waals surface area contributed by atoms with Gasteiger partial charge in [-0.15, -0.1) is 0 Å². The lowest BCUT2D eigenvalue weighted by Gasteiger charge is -2.08. The van der Waals surface area contributed by atoms with E-state index in [-0.39, 0.29) is 0 Å². The fraction of sp³-hybridized carbons (Fsp3) is 0.333. The maximum Gasteiger partial charge on any atom is 0.0694 e. The monoisotopic (exact) mass is 233 g/mol. The van der Waals surface area contributed by atoms with Crippen molar-refractivity contribution >= 4 is 34.6 Å². The second-order valence-corrected chi connectivity index (χ2v) is 3.74. The summed E-state index contributed by atoms with van der Waals surface area (Å²) >= 11 is 11.7. The number of nitrogens with one attached hydrogen (secondary N) is 1. The van der Waals surface area contributed by atoms with E-state index < -0.39 is 0 Å². The third-order valence-electron chi connectivity index (χ3n) is 1.79. The summed E-state index contributed by atoms with van der Waals surface area (Å²) < 4.78 is 0. The molecule has 0 aliphatic rings. The summed E-state index contributed by atoms with van der Waals surface area (Å²) in [5.41, 5.74) is 12.2. The van der Waals surface area contributed by atoms with Crippen molar-refractivity contribution in [2.75, 3.05) is 24.1 Å². The van der Waals surface area contributed by atoms with Crippen LogP contribution in [0, 0.1) is 0 Å². The van der Waals surface area contributed by atoms with Crippen LogP contribution in [0.4, 0.5) is 11.4 Å². The Bertz CT molecular complexity index is 292. The molecule has 0 fully saturated rings. The molecule has 5 heteroatoms. The Balaban J connectivity index is 2.69. The molecule has 1 rings (SSSR count). The Morgan fingerprint density at radius 3 is 2.29 bits per heavy atom. The molecule has 0 heterocycles. The van der Waals surface area contributed by atoms with Crippen LogP contribution in [0.15, 0.2) is 12.1 Å². The number of rotatable bonds is 4. The van der Waals surface area contributed by atoms with E-state index in [4.69, 9.17) is 34.7 Å². The molecule has 0 unspecified atom stereocenters. The van der Waals surface area contributed by atoms with E-state index in [1.165, 1.54) is 0 Å². The van der Waals surface area contributed by atoms with Gasteiger partial charge in [0.25, 0.3) is 0 Å². The average Bonchev–Trinajstić information content (AvgIpc) is 2.14. The lowest BCUT2D eigenvalue weighted by Crippen LogP contribution is -2.08. The fourth-order valence-electron chi connectivity index (χ4n) is 1.02. The van der Waals surface area contributed by atoms with Crippen molar-refractivity contribution in [3.05, 3.63) is 22.2 Å². The first kappa shape index (κ1) is 11.4. The van der Waals surface area contributed by atoms with E-state index in [1.807, 2.05) is 0 Å². The number of nitrogen functional groups attached to an aromatic ring is 1. The van der Waals surface area contributed by atoms with Crippen molar-refractivity contribution in [1.29, 1.82) is 0 Å². The lowest BCUT2D eigenvalue weighted by molar-refractivity contribution is 0.874. The van der Waals surface area contributed by atoms with Gasteiger partial charge < -0.3 is 16.8 Å². The van der Waals surface area contributed by atoms with Crippen molar-refractivity contribution in [3.63, 3.8) is 0 Å². The van der Waals surface area contributed by atoms with Gasteiger partial charge in [0.2, 0.25) is 0 Å². The zero-order valence-corrected chi connectivity index (χ0v) is 9.20. The molecule has 78 valence electrons. The third-order valence-corrected chi connectivity index (χ3v) is 2.41. The predicted octanol–water partition coefficient (Wildman–Crippen LogP) is 2.34. The Labute approximate surface area is 93.4 Å². The summed E-state index contributed by atoms with van der Waals surface area (Å²) in [5.74, 6) is 0. The number of hydrogen-bond donors (Lipinski definition) is 3. The van der Waals surface area contributed by atoms with Gasteiger partial charge >= 0.3 is 0 Å². The first-order valence-electron chi connectivity index (χ1n) is 4.33. The normalized spacial score (nSPS) is 10.2. The maximum atomic E-state index is 5.86. The first-order valence-corrected chi connectivity index (χ1v) is 5.09. The summed E-state index contributed by atoms with van der Waals surface area (Å²) in [6.07, 6.45) is 0.902.